The van der Waals surface area contributed by atoms with Crippen LogP contribution in [0.3, 0.4) is 0 Å². The Bertz CT molecular complexity index is 699. The van der Waals surface area contributed by atoms with Gasteiger partial charge in [0, 0.05) is 11.1 Å². The first-order chi connectivity index (χ1) is 11.7. The minimum Gasteiger partial charge on any atom is -0.490 e. The van der Waals surface area contributed by atoms with E-state index in [-0.39, 0.29) is 6.61 Å². The van der Waals surface area contributed by atoms with Gasteiger partial charge in [-0.2, -0.15) is 5.26 Å². The van der Waals surface area contributed by atoms with Gasteiger partial charge in [0.25, 0.3) is 0 Å². The SMILES string of the molecule is CCOc1cc(C[NH2+][C@@H](C)c2ccccc2)cc(I)c1OCC#N. The zero-order valence-corrected chi connectivity index (χ0v) is 16.1. The molecule has 2 aromatic rings. The minimum absolute atomic E-state index is 0.0204. The van der Waals surface area contributed by atoms with Crippen molar-refractivity contribution >= 4 is 22.6 Å². The maximum absolute atomic E-state index is 8.72. The third kappa shape index (κ3) is 5.11. The van der Waals surface area contributed by atoms with Gasteiger partial charge in [-0.25, -0.2) is 0 Å². The molecule has 0 amide bonds. The summed E-state index contributed by atoms with van der Waals surface area (Å²) in [5, 5.41) is 11.0. The number of hydrogen-bond donors (Lipinski definition) is 1. The molecular weight excluding hydrogens is 415 g/mol. The van der Waals surface area contributed by atoms with Crippen LogP contribution in [0.15, 0.2) is 42.5 Å². The van der Waals surface area contributed by atoms with E-state index in [1.165, 1.54) is 11.1 Å². The Morgan fingerprint density at radius 3 is 2.62 bits per heavy atom. The van der Waals surface area contributed by atoms with Crippen molar-refractivity contribution in [2.45, 2.75) is 26.4 Å². The van der Waals surface area contributed by atoms with E-state index in [2.05, 4.69) is 65.2 Å². The van der Waals surface area contributed by atoms with Gasteiger partial charge >= 0.3 is 0 Å². The smallest absolute Gasteiger partial charge is 0.176 e. The molecule has 5 heteroatoms. The molecule has 0 spiro atoms. The Kier molecular flexibility index (Phi) is 7.35. The van der Waals surface area contributed by atoms with Gasteiger partial charge in [-0.15, -0.1) is 0 Å². The molecule has 0 aliphatic rings. The number of ether oxygens (including phenoxy) is 2. The lowest BCUT2D eigenvalue weighted by atomic mass is 10.1. The van der Waals surface area contributed by atoms with Crippen molar-refractivity contribution in [1.82, 2.24) is 0 Å². The molecule has 1 atom stereocenters. The summed E-state index contributed by atoms with van der Waals surface area (Å²) < 4.78 is 12.2. The van der Waals surface area contributed by atoms with Gasteiger partial charge in [-0.05, 0) is 48.6 Å². The minimum atomic E-state index is 0.0204. The van der Waals surface area contributed by atoms with E-state index < -0.39 is 0 Å². The predicted octanol–water partition coefficient (Wildman–Crippen LogP) is 3.42. The summed E-state index contributed by atoms with van der Waals surface area (Å²) in [5.74, 6) is 1.36. The highest BCUT2D eigenvalue weighted by Gasteiger charge is 2.14. The van der Waals surface area contributed by atoms with E-state index in [1.807, 2.05) is 25.1 Å². The fraction of sp³-hybridized carbons (Fsp3) is 0.316. The van der Waals surface area contributed by atoms with Crippen molar-refractivity contribution in [1.29, 1.82) is 5.26 Å². The van der Waals surface area contributed by atoms with Crippen LogP contribution in [0.4, 0.5) is 0 Å². The normalized spacial score (nSPS) is 11.6. The number of nitriles is 1. The fourth-order valence-electron chi connectivity index (χ4n) is 2.45. The first kappa shape index (κ1) is 18.6. The summed E-state index contributed by atoms with van der Waals surface area (Å²) >= 11 is 2.23. The summed E-state index contributed by atoms with van der Waals surface area (Å²) in [6, 6.07) is 16.9. The standard InChI is InChI=1S/C19H21IN2O2/c1-3-23-18-12-15(11-17(20)19(18)24-10-9-21)13-22-14(2)16-7-5-4-6-8-16/h4-8,11-12,14,22H,3,10,13H2,1-2H3/p+1/t14-/m0/s1. The number of rotatable bonds is 8. The Morgan fingerprint density at radius 2 is 1.96 bits per heavy atom. The van der Waals surface area contributed by atoms with E-state index in [4.69, 9.17) is 14.7 Å². The second-order valence-electron chi connectivity index (χ2n) is 5.42. The molecule has 2 rings (SSSR count). The lowest BCUT2D eigenvalue weighted by molar-refractivity contribution is -0.707. The average Bonchev–Trinajstić information content (AvgIpc) is 2.60. The van der Waals surface area contributed by atoms with E-state index in [0.29, 0.717) is 24.1 Å². The first-order valence-corrected chi connectivity index (χ1v) is 9.06. The molecule has 0 saturated carbocycles. The Morgan fingerprint density at radius 1 is 1.21 bits per heavy atom. The highest BCUT2D eigenvalue weighted by molar-refractivity contribution is 14.1. The first-order valence-electron chi connectivity index (χ1n) is 7.99. The van der Waals surface area contributed by atoms with Crippen LogP contribution in [-0.4, -0.2) is 13.2 Å². The van der Waals surface area contributed by atoms with Crippen molar-refractivity contribution < 1.29 is 14.8 Å². The molecule has 0 fully saturated rings. The van der Waals surface area contributed by atoms with Crippen LogP contribution in [-0.2, 0) is 6.54 Å². The maximum Gasteiger partial charge on any atom is 0.176 e. The third-order valence-electron chi connectivity index (χ3n) is 3.68. The van der Waals surface area contributed by atoms with Gasteiger partial charge < -0.3 is 14.8 Å². The zero-order valence-electron chi connectivity index (χ0n) is 14.0. The molecule has 126 valence electrons. The molecule has 0 radical (unpaired) electrons. The predicted molar refractivity (Wildman–Crippen MR) is 102 cm³/mol. The third-order valence-corrected chi connectivity index (χ3v) is 4.48. The quantitative estimate of drug-likeness (QED) is 0.644. The molecule has 0 bridgehead atoms. The van der Waals surface area contributed by atoms with Crippen molar-refractivity contribution in [2.24, 2.45) is 0 Å². The number of hydrogen-bond acceptors (Lipinski definition) is 3. The van der Waals surface area contributed by atoms with E-state index in [0.717, 1.165) is 10.1 Å². The molecule has 2 aromatic carbocycles. The number of benzene rings is 2. The van der Waals surface area contributed by atoms with Gasteiger partial charge in [-0.1, -0.05) is 30.3 Å². The molecule has 0 aromatic heterocycles. The van der Waals surface area contributed by atoms with Crippen LogP contribution < -0.4 is 14.8 Å². The second kappa shape index (κ2) is 9.50. The molecular formula is C19H22IN2O2+. The van der Waals surface area contributed by atoms with Crippen molar-refractivity contribution in [3.63, 3.8) is 0 Å². The summed E-state index contributed by atoms with van der Waals surface area (Å²) in [6.07, 6.45) is 0. The van der Waals surface area contributed by atoms with Gasteiger partial charge in [0.2, 0.25) is 0 Å². The number of nitrogens with zero attached hydrogens (tertiary/aromatic N) is 1. The average molecular weight is 437 g/mol. The Hall–Kier alpha value is -1.78. The van der Waals surface area contributed by atoms with Crippen LogP contribution in [0.1, 0.15) is 31.0 Å². The Labute approximate surface area is 156 Å². The van der Waals surface area contributed by atoms with Gasteiger partial charge in [0.15, 0.2) is 18.1 Å². The monoisotopic (exact) mass is 437 g/mol. The zero-order chi connectivity index (χ0) is 17.4. The lowest BCUT2D eigenvalue weighted by Gasteiger charge is -2.15. The van der Waals surface area contributed by atoms with E-state index in [1.54, 1.807) is 0 Å². The van der Waals surface area contributed by atoms with Crippen molar-refractivity contribution in [2.75, 3.05) is 13.2 Å². The van der Waals surface area contributed by atoms with Gasteiger partial charge in [0.05, 0.1) is 10.2 Å². The summed E-state index contributed by atoms with van der Waals surface area (Å²) in [4.78, 5) is 0. The molecule has 0 aliphatic heterocycles. The molecule has 4 nitrogen and oxygen atoms in total. The maximum atomic E-state index is 8.72. The van der Waals surface area contributed by atoms with Crippen LogP contribution in [0.2, 0.25) is 0 Å². The molecule has 0 unspecified atom stereocenters. The number of nitrogens with two attached hydrogens (primary N) is 1. The highest BCUT2D eigenvalue weighted by atomic mass is 127. The van der Waals surface area contributed by atoms with Crippen LogP contribution >= 0.6 is 22.6 Å². The van der Waals surface area contributed by atoms with Crippen LogP contribution in [0, 0.1) is 14.9 Å². The highest BCUT2D eigenvalue weighted by Crippen LogP contribution is 2.34. The molecule has 2 N–H and O–H groups in total. The summed E-state index contributed by atoms with van der Waals surface area (Å²) in [5.41, 5.74) is 2.49. The van der Waals surface area contributed by atoms with E-state index in [9.17, 15) is 0 Å². The van der Waals surface area contributed by atoms with Crippen LogP contribution in [0.5, 0.6) is 11.5 Å². The number of quaternary nitrogens is 1. The van der Waals surface area contributed by atoms with Gasteiger partial charge in [-0.3, -0.25) is 0 Å². The summed E-state index contributed by atoms with van der Waals surface area (Å²) in [6.45, 7) is 5.58. The van der Waals surface area contributed by atoms with Crippen molar-refractivity contribution in [3.8, 4) is 17.6 Å². The molecule has 24 heavy (non-hydrogen) atoms. The fourth-order valence-corrected chi connectivity index (χ4v) is 3.27. The summed E-state index contributed by atoms with van der Waals surface area (Å²) in [7, 11) is 0. The number of halogens is 1. The Balaban J connectivity index is 2.11. The van der Waals surface area contributed by atoms with Crippen LogP contribution in [0.25, 0.3) is 0 Å². The van der Waals surface area contributed by atoms with E-state index >= 15 is 0 Å². The molecule has 0 aliphatic carbocycles. The van der Waals surface area contributed by atoms with Gasteiger partial charge in [0.1, 0.15) is 18.7 Å². The largest absolute Gasteiger partial charge is 0.490 e. The second-order valence-corrected chi connectivity index (χ2v) is 6.59. The topological polar surface area (TPSA) is 58.9 Å². The van der Waals surface area contributed by atoms with Crippen molar-refractivity contribution in [3.05, 3.63) is 57.2 Å². The molecule has 0 heterocycles. The lowest BCUT2D eigenvalue weighted by Crippen LogP contribution is -2.83. The molecule has 0 saturated heterocycles.